The molecule has 0 radical (unpaired) electrons. The van der Waals surface area contributed by atoms with Crippen LogP contribution in [0.5, 0.6) is 0 Å². The summed E-state index contributed by atoms with van der Waals surface area (Å²) in [5.74, 6) is -4.31. The molecule has 22 nitrogen and oxygen atoms in total. The lowest BCUT2D eigenvalue weighted by atomic mass is 10.1. The standard InChI is InChI=1S/C36H68N4O18/c1-29(34(43)39-30(2)35(44)40-31(36(45)46)28-32(37)41)38-33(42)4-5-48-8-9-50-12-13-52-16-17-54-20-21-56-24-25-58-27-26-57-23-22-55-19-18-53-15-14-51-11-10-49-7-6-47-3/h29-31H,4-28H2,1-3H3,(H2,37,41)(H,38,42)(H,39,43)(H,40,44)(H,45,46)/t29-,30-,31-/m0/s1. The van der Waals surface area contributed by atoms with Crippen molar-refractivity contribution in [3.8, 4) is 0 Å². The Labute approximate surface area is 340 Å². The minimum Gasteiger partial charge on any atom is -0.480 e. The molecule has 0 aliphatic carbocycles. The van der Waals surface area contributed by atoms with Crippen molar-refractivity contribution in [1.29, 1.82) is 0 Å². The van der Waals surface area contributed by atoms with Crippen molar-refractivity contribution >= 4 is 29.6 Å². The number of carboxylic acid groups (broad SMARTS) is 1. The normalized spacial score (nSPS) is 12.8. The SMILES string of the molecule is COCCOCCOCCOCCOCCOCCOCCOCCOCCOCCOCCOCCC(=O)N[C@@H](C)C(=O)N[C@@H](C)C(=O)N[C@@H](CC(N)=O)C(=O)O. The number of primary amides is 1. The summed E-state index contributed by atoms with van der Waals surface area (Å²) in [5, 5.41) is 16.1. The van der Waals surface area contributed by atoms with E-state index < -0.39 is 54.1 Å². The van der Waals surface area contributed by atoms with Gasteiger partial charge in [0.2, 0.25) is 23.6 Å². The van der Waals surface area contributed by atoms with E-state index >= 15 is 0 Å². The largest absolute Gasteiger partial charge is 0.480 e. The molecule has 0 spiro atoms. The number of aliphatic carboxylic acids is 1. The Bertz CT molecular complexity index is 1050. The number of methoxy groups -OCH3 is 1. The highest BCUT2D eigenvalue weighted by atomic mass is 16.6. The second-order valence-electron chi connectivity index (χ2n) is 12.1. The van der Waals surface area contributed by atoms with Crippen molar-refractivity contribution in [1.82, 2.24) is 16.0 Å². The van der Waals surface area contributed by atoms with Gasteiger partial charge in [0.15, 0.2) is 0 Å². The third kappa shape index (κ3) is 37.2. The lowest BCUT2D eigenvalue weighted by molar-refractivity contribution is -0.143. The maximum atomic E-state index is 12.3. The van der Waals surface area contributed by atoms with Gasteiger partial charge in [-0.2, -0.15) is 0 Å². The smallest absolute Gasteiger partial charge is 0.326 e. The highest BCUT2D eigenvalue weighted by Crippen LogP contribution is 1.96. The fourth-order valence-electron chi connectivity index (χ4n) is 4.09. The van der Waals surface area contributed by atoms with Gasteiger partial charge in [0.1, 0.15) is 18.1 Å². The number of carboxylic acids is 1. The summed E-state index contributed by atoms with van der Waals surface area (Å²) in [6.07, 6.45) is -0.619. The van der Waals surface area contributed by atoms with Gasteiger partial charge in [0.05, 0.1) is 158 Å². The van der Waals surface area contributed by atoms with Crippen LogP contribution in [0.25, 0.3) is 0 Å². The van der Waals surface area contributed by atoms with Crippen LogP contribution in [0.1, 0.15) is 26.7 Å². The van der Waals surface area contributed by atoms with Gasteiger partial charge in [-0.1, -0.05) is 0 Å². The molecule has 58 heavy (non-hydrogen) atoms. The van der Waals surface area contributed by atoms with Gasteiger partial charge in [-0.15, -0.1) is 0 Å². The quantitative estimate of drug-likeness (QED) is 0.0402. The number of rotatable bonds is 44. The van der Waals surface area contributed by atoms with Gasteiger partial charge in [-0.25, -0.2) is 4.79 Å². The van der Waals surface area contributed by atoms with E-state index in [-0.39, 0.29) is 19.6 Å². The molecule has 0 fully saturated rings. The fraction of sp³-hybridized carbons (Fsp3) is 0.861. The second kappa shape index (κ2) is 40.6. The summed E-state index contributed by atoms with van der Waals surface area (Å²) >= 11 is 0. The minimum absolute atomic E-state index is 0.0137. The maximum Gasteiger partial charge on any atom is 0.326 e. The van der Waals surface area contributed by atoms with Gasteiger partial charge in [-0.3, -0.25) is 19.2 Å². The first-order valence-electron chi connectivity index (χ1n) is 19.3. The highest BCUT2D eigenvalue weighted by molar-refractivity contribution is 5.94. The number of nitrogens with one attached hydrogen (secondary N) is 3. The molecular formula is C36H68N4O18. The zero-order chi connectivity index (χ0) is 42.9. The minimum atomic E-state index is -1.53. The van der Waals surface area contributed by atoms with Crippen LogP contribution in [0.15, 0.2) is 0 Å². The topological polar surface area (TPSA) is 278 Å². The first kappa shape index (κ1) is 54.9. The van der Waals surface area contributed by atoms with Crippen LogP contribution >= 0.6 is 0 Å². The molecule has 0 saturated heterocycles. The second-order valence-corrected chi connectivity index (χ2v) is 12.1. The Morgan fingerprint density at radius 3 is 1.02 bits per heavy atom. The Morgan fingerprint density at radius 2 is 0.724 bits per heavy atom. The summed E-state index contributed by atoms with van der Waals surface area (Å²) in [4.78, 5) is 58.8. The molecule has 0 aromatic rings. The molecule has 4 amide bonds. The van der Waals surface area contributed by atoms with Gasteiger partial charge >= 0.3 is 5.97 Å². The van der Waals surface area contributed by atoms with Crippen LogP contribution in [0.4, 0.5) is 0 Å². The van der Waals surface area contributed by atoms with E-state index in [1.54, 1.807) is 7.11 Å². The summed E-state index contributed by atoms with van der Waals surface area (Å²) in [5.41, 5.74) is 4.99. The maximum absolute atomic E-state index is 12.3. The van der Waals surface area contributed by atoms with Crippen LogP contribution in [0, 0.1) is 0 Å². The number of ether oxygens (including phenoxy) is 12. The number of carbonyl (C=O) groups excluding carboxylic acids is 4. The van der Waals surface area contributed by atoms with Crippen LogP contribution in [-0.4, -0.2) is 212 Å². The lowest BCUT2D eigenvalue weighted by Gasteiger charge is -2.20. The zero-order valence-electron chi connectivity index (χ0n) is 34.4. The van der Waals surface area contributed by atoms with Gasteiger partial charge in [-0.05, 0) is 13.8 Å². The molecule has 22 heteroatoms. The Kier molecular flexibility index (Phi) is 38.4. The van der Waals surface area contributed by atoms with Crippen LogP contribution in [0.3, 0.4) is 0 Å². The van der Waals surface area contributed by atoms with Gasteiger partial charge < -0.3 is 83.6 Å². The van der Waals surface area contributed by atoms with E-state index in [2.05, 4.69) is 16.0 Å². The van der Waals surface area contributed by atoms with Gasteiger partial charge in [0.25, 0.3) is 0 Å². The summed E-state index contributed by atoms with van der Waals surface area (Å²) < 4.78 is 64.5. The van der Waals surface area contributed by atoms with Crippen LogP contribution in [-0.2, 0) is 80.8 Å². The van der Waals surface area contributed by atoms with E-state index in [0.29, 0.717) is 139 Å². The molecule has 0 aromatic carbocycles. The van der Waals surface area contributed by atoms with E-state index in [1.165, 1.54) is 13.8 Å². The number of carbonyl (C=O) groups is 5. The van der Waals surface area contributed by atoms with E-state index in [0.717, 1.165) is 0 Å². The van der Waals surface area contributed by atoms with Crippen LogP contribution < -0.4 is 21.7 Å². The predicted octanol–water partition coefficient (Wildman–Crippen LogP) is -2.34. The van der Waals surface area contributed by atoms with Gasteiger partial charge in [0, 0.05) is 13.5 Å². The number of hydrogen-bond donors (Lipinski definition) is 5. The van der Waals surface area contributed by atoms with E-state index in [4.69, 9.17) is 67.7 Å². The average Bonchev–Trinajstić information content (AvgIpc) is 3.18. The van der Waals surface area contributed by atoms with E-state index in [9.17, 15) is 24.0 Å². The molecule has 3 atom stereocenters. The predicted molar refractivity (Wildman–Crippen MR) is 204 cm³/mol. The summed E-state index contributed by atoms with van der Waals surface area (Å²) in [6.45, 7) is 12.8. The molecule has 0 aromatic heterocycles. The van der Waals surface area contributed by atoms with Crippen LogP contribution in [0.2, 0.25) is 0 Å². The molecule has 0 bridgehead atoms. The lowest BCUT2D eigenvalue weighted by Crippen LogP contribution is -2.54. The summed E-state index contributed by atoms with van der Waals surface area (Å²) in [6, 6.07) is -3.65. The third-order valence-electron chi connectivity index (χ3n) is 7.17. The number of nitrogens with two attached hydrogens (primary N) is 1. The van der Waals surface area contributed by atoms with Crippen molar-refractivity contribution in [2.75, 3.05) is 159 Å². The van der Waals surface area contributed by atoms with Crippen molar-refractivity contribution in [3.05, 3.63) is 0 Å². The van der Waals surface area contributed by atoms with Crippen molar-refractivity contribution in [2.45, 2.75) is 44.8 Å². The van der Waals surface area contributed by atoms with Crippen molar-refractivity contribution in [3.63, 3.8) is 0 Å². The molecule has 0 aliphatic rings. The third-order valence-corrected chi connectivity index (χ3v) is 7.17. The molecular weight excluding hydrogens is 776 g/mol. The molecule has 0 saturated carbocycles. The molecule has 340 valence electrons. The molecule has 0 rings (SSSR count). The Balaban J connectivity index is 3.44. The Morgan fingerprint density at radius 1 is 0.448 bits per heavy atom. The first-order valence-corrected chi connectivity index (χ1v) is 19.3. The zero-order valence-corrected chi connectivity index (χ0v) is 34.4. The summed E-state index contributed by atoms with van der Waals surface area (Å²) in [7, 11) is 1.63. The highest BCUT2D eigenvalue weighted by Gasteiger charge is 2.26. The van der Waals surface area contributed by atoms with Crippen molar-refractivity contribution in [2.24, 2.45) is 5.73 Å². The molecule has 0 aliphatic heterocycles. The molecule has 6 N–H and O–H groups in total. The Hall–Kier alpha value is -3.13. The number of hydrogen-bond acceptors (Lipinski definition) is 17. The average molecular weight is 845 g/mol. The number of amides is 4. The van der Waals surface area contributed by atoms with Crippen molar-refractivity contribution < 1.29 is 85.9 Å². The van der Waals surface area contributed by atoms with E-state index in [1.807, 2.05) is 0 Å². The fourth-order valence-corrected chi connectivity index (χ4v) is 4.09. The molecule has 0 heterocycles. The monoisotopic (exact) mass is 844 g/mol. The first-order chi connectivity index (χ1) is 28.1. The molecule has 0 unspecified atom stereocenters.